The van der Waals surface area contributed by atoms with E-state index in [1.165, 1.54) is 0 Å². The molecule has 0 spiro atoms. The highest BCUT2D eigenvalue weighted by molar-refractivity contribution is 5.75. The van der Waals surface area contributed by atoms with Gasteiger partial charge >= 0.3 is 0 Å². The smallest absolute Gasteiger partial charge is 0.229 e. The minimum absolute atomic E-state index is 0.550. The van der Waals surface area contributed by atoms with Crippen LogP contribution in [0.25, 0.3) is 11.0 Å². The Bertz CT molecular complexity index is 934. The molecule has 0 amide bonds. The molecule has 0 radical (unpaired) electrons. The van der Waals surface area contributed by atoms with Gasteiger partial charge in [-0.1, -0.05) is 0 Å². The van der Waals surface area contributed by atoms with Gasteiger partial charge in [0.1, 0.15) is 0 Å². The maximum atomic E-state index is 5.37. The van der Waals surface area contributed by atoms with Gasteiger partial charge in [0, 0.05) is 45.5 Å². The lowest BCUT2D eigenvalue weighted by molar-refractivity contribution is 0.321. The van der Waals surface area contributed by atoms with Crippen LogP contribution in [0.5, 0.6) is 0 Å². The van der Waals surface area contributed by atoms with Gasteiger partial charge in [-0.05, 0) is 18.9 Å². The SMILES string of the molecule is C#CCCN1CCC(Cn2ncc3cnc(Nc4cnn(C)c4)nc32)C1. The Morgan fingerprint density at radius 2 is 2.23 bits per heavy atom. The Morgan fingerprint density at radius 1 is 1.31 bits per heavy atom. The predicted octanol–water partition coefficient (Wildman–Crippen LogP) is 1.65. The van der Waals surface area contributed by atoms with E-state index in [0.717, 1.165) is 55.7 Å². The maximum absolute atomic E-state index is 5.37. The molecule has 0 bridgehead atoms. The number of nitrogens with one attached hydrogen (secondary N) is 1. The first-order valence-corrected chi connectivity index (χ1v) is 8.81. The molecular formula is C18H22N8. The van der Waals surface area contributed by atoms with Gasteiger partial charge in [0.2, 0.25) is 5.95 Å². The summed E-state index contributed by atoms with van der Waals surface area (Å²) in [5.41, 5.74) is 1.71. The first kappa shape index (κ1) is 16.5. The van der Waals surface area contributed by atoms with E-state index in [9.17, 15) is 0 Å². The summed E-state index contributed by atoms with van der Waals surface area (Å²) in [6.45, 7) is 4.01. The summed E-state index contributed by atoms with van der Waals surface area (Å²) in [7, 11) is 1.87. The van der Waals surface area contributed by atoms with Crippen LogP contribution in [-0.4, -0.2) is 54.1 Å². The van der Waals surface area contributed by atoms with Gasteiger partial charge in [0.05, 0.1) is 23.5 Å². The van der Waals surface area contributed by atoms with Crippen molar-refractivity contribution >= 4 is 22.7 Å². The van der Waals surface area contributed by atoms with Crippen LogP contribution in [0, 0.1) is 18.3 Å². The van der Waals surface area contributed by atoms with E-state index in [0.29, 0.717) is 11.9 Å². The molecule has 1 aliphatic heterocycles. The zero-order valence-electron chi connectivity index (χ0n) is 14.8. The average Bonchev–Trinajstić information content (AvgIpc) is 3.35. The number of hydrogen-bond acceptors (Lipinski definition) is 6. The third-order valence-electron chi connectivity index (χ3n) is 4.71. The van der Waals surface area contributed by atoms with Gasteiger partial charge < -0.3 is 10.2 Å². The molecule has 3 aromatic heterocycles. The van der Waals surface area contributed by atoms with Crippen molar-refractivity contribution in [1.29, 1.82) is 0 Å². The molecule has 0 saturated carbocycles. The molecule has 1 fully saturated rings. The molecule has 1 unspecified atom stereocenters. The number of terminal acetylenes is 1. The molecule has 0 aromatic carbocycles. The number of likely N-dealkylation sites (tertiary alicyclic amines) is 1. The van der Waals surface area contributed by atoms with Crippen molar-refractivity contribution in [3.05, 3.63) is 24.8 Å². The summed E-state index contributed by atoms with van der Waals surface area (Å²) in [6.07, 6.45) is 14.6. The normalized spacial score (nSPS) is 17.6. The molecule has 26 heavy (non-hydrogen) atoms. The van der Waals surface area contributed by atoms with Crippen LogP contribution in [0.3, 0.4) is 0 Å². The topological polar surface area (TPSA) is 76.7 Å². The largest absolute Gasteiger partial charge is 0.321 e. The third-order valence-corrected chi connectivity index (χ3v) is 4.71. The number of hydrogen-bond donors (Lipinski definition) is 1. The van der Waals surface area contributed by atoms with Crippen molar-refractivity contribution in [3.8, 4) is 12.3 Å². The first-order valence-electron chi connectivity index (χ1n) is 8.81. The van der Waals surface area contributed by atoms with Crippen LogP contribution in [0.2, 0.25) is 0 Å². The van der Waals surface area contributed by atoms with Crippen LogP contribution in [0.15, 0.2) is 24.8 Å². The van der Waals surface area contributed by atoms with E-state index >= 15 is 0 Å². The van der Waals surface area contributed by atoms with E-state index in [2.05, 4.69) is 36.3 Å². The third kappa shape index (κ3) is 3.53. The number of anilines is 2. The molecule has 8 heteroatoms. The zero-order chi connectivity index (χ0) is 17.9. The van der Waals surface area contributed by atoms with Crippen LogP contribution in [0.4, 0.5) is 11.6 Å². The van der Waals surface area contributed by atoms with Crippen molar-refractivity contribution in [3.63, 3.8) is 0 Å². The fraction of sp³-hybridized carbons (Fsp3) is 0.444. The summed E-state index contributed by atoms with van der Waals surface area (Å²) in [6, 6.07) is 0. The molecule has 0 aliphatic carbocycles. The van der Waals surface area contributed by atoms with Gasteiger partial charge in [-0.25, -0.2) is 9.67 Å². The standard InChI is InChI=1S/C18H22N8/c1-3-4-6-25-7-5-14(11-25)12-26-17-15(9-21-26)8-19-18(23-17)22-16-10-20-24(2)13-16/h1,8-10,13-14H,4-7,11-12H2,2H3,(H,19,22,23). The fourth-order valence-electron chi connectivity index (χ4n) is 3.41. The van der Waals surface area contributed by atoms with E-state index in [1.54, 1.807) is 17.1 Å². The molecule has 4 heterocycles. The maximum Gasteiger partial charge on any atom is 0.229 e. The zero-order valence-corrected chi connectivity index (χ0v) is 14.8. The second kappa shape index (κ2) is 7.14. The minimum Gasteiger partial charge on any atom is -0.321 e. The van der Waals surface area contributed by atoms with E-state index < -0.39 is 0 Å². The van der Waals surface area contributed by atoms with Gasteiger partial charge in [-0.3, -0.25) is 4.68 Å². The Hall–Kier alpha value is -2.92. The van der Waals surface area contributed by atoms with Gasteiger partial charge in [-0.15, -0.1) is 12.3 Å². The molecule has 134 valence electrons. The molecule has 1 atom stereocenters. The monoisotopic (exact) mass is 350 g/mol. The fourth-order valence-corrected chi connectivity index (χ4v) is 3.41. The van der Waals surface area contributed by atoms with E-state index in [-0.39, 0.29) is 0 Å². The Balaban J connectivity index is 1.47. The molecule has 1 aliphatic rings. The number of rotatable bonds is 6. The van der Waals surface area contributed by atoms with Crippen LogP contribution >= 0.6 is 0 Å². The van der Waals surface area contributed by atoms with Crippen LogP contribution in [-0.2, 0) is 13.6 Å². The van der Waals surface area contributed by atoms with Crippen molar-refractivity contribution in [1.82, 2.24) is 34.4 Å². The molecule has 1 N–H and O–H groups in total. The summed E-state index contributed by atoms with van der Waals surface area (Å²) >= 11 is 0. The van der Waals surface area contributed by atoms with Crippen LogP contribution in [0.1, 0.15) is 12.8 Å². The number of aryl methyl sites for hydroxylation is 1. The Kier molecular flexibility index (Phi) is 4.54. The first-order chi connectivity index (χ1) is 12.7. The Morgan fingerprint density at radius 3 is 3.04 bits per heavy atom. The highest BCUT2D eigenvalue weighted by Gasteiger charge is 2.23. The minimum atomic E-state index is 0.550. The molecular weight excluding hydrogens is 328 g/mol. The second-order valence-corrected chi connectivity index (χ2v) is 6.74. The van der Waals surface area contributed by atoms with E-state index in [1.807, 2.05) is 24.1 Å². The van der Waals surface area contributed by atoms with E-state index in [4.69, 9.17) is 6.42 Å². The summed E-state index contributed by atoms with van der Waals surface area (Å²) in [5.74, 6) is 3.84. The molecule has 1 saturated heterocycles. The Labute approximate surface area is 152 Å². The van der Waals surface area contributed by atoms with Crippen molar-refractivity contribution in [2.24, 2.45) is 13.0 Å². The highest BCUT2D eigenvalue weighted by Crippen LogP contribution is 2.21. The molecule has 3 aromatic rings. The predicted molar refractivity (Wildman–Crippen MR) is 99.8 cm³/mol. The average molecular weight is 350 g/mol. The number of nitrogens with zero attached hydrogens (tertiary/aromatic N) is 7. The van der Waals surface area contributed by atoms with Gasteiger partial charge in [0.25, 0.3) is 0 Å². The lowest BCUT2D eigenvalue weighted by Gasteiger charge is -2.14. The van der Waals surface area contributed by atoms with Gasteiger partial charge in [-0.2, -0.15) is 15.2 Å². The van der Waals surface area contributed by atoms with Crippen molar-refractivity contribution in [2.45, 2.75) is 19.4 Å². The summed E-state index contributed by atoms with van der Waals surface area (Å²) in [5, 5.41) is 12.8. The summed E-state index contributed by atoms with van der Waals surface area (Å²) in [4.78, 5) is 11.4. The van der Waals surface area contributed by atoms with Crippen molar-refractivity contribution < 1.29 is 0 Å². The summed E-state index contributed by atoms with van der Waals surface area (Å²) < 4.78 is 3.72. The molecule has 8 nitrogen and oxygen atoms in total. The number of fused-ring (bicyclic) bond motifs is 1. The van der Waals surface area contributed by atoms with Gasteiger partial charge in [0.15, 0.2) is 5.65 Å². The second-order valence-electron chi connectivity index (χ2n) is 6.74. The molecule has 4 rings (SSSR count). The lowest BCUT2D eigenvalue weighted by atomic mass is 10.1. The van der Waals surface area contributed by atoms with Crippen molar-refractivity contribution in [2.75, 3.05) is 25.0 Å². The lowest BCUT2D eigenvalue weighted by Crippen LogP contribution is -2.23. The van der Waals surface area contributed by atoms with Crippen LogP contribution < -0.4 is 5.32 Å². The quantitative estimate of drug-likeness (QED) is 0.681. The highest BCUT2D eigenvalue weighted by atomic mass is 15.3. The number of aromatic nitrogens is 6.